The van der Waals surface area contributed by atoms with Gasteiger partial charge in [-0.3, -0.25) is 14.6 Å². The fraction of sp³-hybridized carbons (Fsp3) is 0.389. The predicted octanol–water partition coefficient (Wildman–Crippen LogP) is 0.317. The molecule has 2 aromatic rings. The quantitative estimate of drug-likeness (QED) is 0.750. The summed E-state index contributed by atoms with van der Waals surface area (Å²) in [7, 11) is -3.27. The lowest BCUT2D eigenvalue weighted by Crippen LogP contribution is -2.51. The number of piperazine rings is 1. The Morgan fingerprint density at radius 3 is 2.48 bits per heavy atom. The van der Waals surface area contributed by atoms with Crippen LogP contribution >= 0.6 is 0 Å². The van der Waals surface area contributed by atoms with Crippen LogP contribution in [0.5, 0.6) is 0 Å². The van der Waals surface area contributed by atoms with Gasteiger partial charge in [0.1, 0.15) is 5.56 Å². The van der Waals surface area contributed by atoms with Gasteiger partial charge < -0.3 is 9.47 Å². The number of sulfonamides is 1. The van der Waals surface area contributed by atoms with Gasteiger partial charge in [-0.1, -0.05) is 6.07 Å². The molecule has 1 amide bonds. The first kappa shape index (κ1) is 19.2. The van der Waals surface area contributed by atoms with E-state index >= 15 is 0 Å². The van der Waals surface area contributed by atoms with Crippen LogP contribution in [-0.4, -0.2) is 65.5 Å². The zero-order valence-electron chi connectivity index (χ0n) is 15.3. The van der Waals surface area contributed by atoms with Crippen molar-refractivity contribution >= 4 is 15.9 Å². The first-order valence-electron chi connectivity index (χ1n) is 8.60. The number of hydrogen-bond donors (Lipinski definition) is 0. The summed E-state index contributed by atoms with van der Waals surface area (Å²) < 4.78 is 26.1. The predicted molar refractivity (Wildman–Crippen MR) is 101 cm³/mol. The normalized spacial score (nSPS) is 15.7. The van der Waals surface area contributed by atoms with Gasteiger partial charge >= 0.3 is 0 Å². The van der Waals surface area contributed by atoms with Gasteiger partial charge in [0, 0.05) is 44.8 Å². The second kappa shape index (κ2) is 7.61. The van der Waals surface area contributed by atoms with Gasteiger partial charge in [-0.25, -0.2) is 8.42 Å². The third-order valence-electron chi connectivity index (χ3n) is 4.66. The number of carbonyl (C=O) groups excluding carboxylic acids is 1. The number of hydrogen-bond acceptors (Lipinski definition) is 5. The van der Waals surface area contributed by atoms with Crippen molar-refractivity contribution in [1.82, 2.24) is 18.8 Å². The maximum absolute atomic E-state index is 12.9. The molecule has 0 aromatic carbocycles. The average molecular weight is 390 g/mol. The number of aromatic nitrogens is 2. The Hall–Kier alpha value is -2.52. The fourth-order valence-electron chi connectivity index (χ4n) is 3.12. The van der Waals surface area contributed by atoms with E-state index in [9.17, 15) is 18.0 Å². The third kappa shape index (κ3) is 4.25. The van der Waals surface area contributed by atoms with E-state index in [-0.39, 0.29) is 43.2 Å². The molecule has 1 saturated heterocycles. The highest BCUT2D eigenvalue weighted by Crippen LogP contribution is 2.12. The third-order valence-corrected chi connectivity index (χ3v) is 5.96. The van der Waals surface area contributed by atoms with E-state index < -0.39 is 10.0 Å². The monoisotopic (exact) mass is 390 g/mol. The average Bonchev–Trinajstić information content (AvgIpc) is 2.64. The Balaban J connectivity index is 1.83. The van der Waals surface area contributed by atoms with Crippen LogP contribution in [0.4, 0.5) is 0 Å². The molecule has 2 aromatic heterocycles. The lowest BCUT2D eigenvalue weighted by Gasteiger charge is -2.33. The number of nitrogens with zero attached hydrogens (tertiary/aromatic N) is 4. The molecule has 0 N–H and O–H groups in total. The topological polar surface area (TPSA) is 92.6 Å². The molecule has 144 valence electrons. The van der Waals surface area contributed by atoms with Crippen LogP contribution in [0.3, 0.4) is 0 Å². The van der Waals surface area contributed by atoms with Gasteiger partial charge in [-0.05, 0) is 30.2 Å². The van der Waals surface area contributed by atoms with Crippen molar-refractivity contribution in [2.75, 3.05) is 32.4 Å². The van der Waals surface area contributed by atoms with Crippen LogP contribution in [0.25, 0.3) is 0 Å². The highest BCUT2D eigenvalue weighted by atomic mass is 32.2. The molecular formula is C18H22N4O4S. The van der Waals surface area contributed by atoms with Crippen LogP contribution in [0.15, 0.2) is 41.6 Å². The molecule has 0 bridgehead atoms. The second-order valence-electron chi connectivity index (χ2n) is 6.62. The summed E-state index contributed by atoms with van der Waals surface area (Å²) in [5.41, 5.74) is 1.25. The first-order valence-corrected chi connectivity index (χ1v) is 10.5. The molecule has 0 unspecified atom stereocenters. The van der Waals surface area contributed by atoms with E-state index in [1.807, 2.05) is 6.07 Å². The number of pyridine rings is 2. The van der Waals surface area contributed by atoms with E-state index in [1.54, 1.807) is 42.5 Å². The Morgan fingerprint density at radius 1 is 1.19 bits per heavy atom. The molecule has 27 heavy (non-hydrogen) atoms. The van der Waals surface area contributed by atoms with Gasteiger partial charge in [0.15, 0.2) is 0 Å². The maximum atomic E-state index is 12.9. The Labute approximate surface area is 158 Å². The van der Waals surface area contributed by atoms with Crippen LogP contribution < -0.4 is 5.56 Å². The molecule has 1 aliphatic rings. The standard InChI is InChI=1S/C18H22N4O4S/c1-14-5-7-21(13-15-4-3-6-19-12-15)18(24)16(14)17(23)20-8-10-22(11-9-20)27(2,25)26/h3-7,12H,8-11,13H2,1-2H3. The van der Waals surface area contributed by atoms with Gasteiger partial charge in [0.25, 0.3) is 11.5 Å². The number of carbonyl (C=O) groups is 1. The zero-order valence-corrected chi connectivity index (χ0v) is 16.1. The fourth-order valence-corrected chi connectivity index (χ4v) is 3.95. The minimum Gasteiger partial charge on any atom is -0.336 e. The molecule has 9 heteroatoms. The van der Waals surface area contributed by atoms with Crippen molar-refractivity contribution in [3.05, 3.63) is 63.8 Å². The van der Waals surface area contributed by atoms with Gasteiger partial charge in [0.05, 0.1) is 12.8 Å². The Bertz CT molecular complexity index is 994. The number of amides is 1. The summed E-state index contributed by atoms with van der Waals surface area (Å²) in [6.07, 6.45) is 6.16. The molecule has 3 rings (SSSR count). The molecular weight excluding hydrogens is 368 g/mol. The van der Waals surface area contributed by atoms with E-state index in [2.05, 4.69) is 4.98 Å². The largest absolute Gasteiger partial charge is 0.336 e. The molecule has 0 radical (unpaired) electrons. The molecule has 8 nitrogen and oxygen atoms in total. The Kier molecular flexibility index (Phi) is 5.43. The van der Waals surface area contributed by atoms with Crippen molar-refractivity contribution in [2.24, 2.45) is 0 Å². The van der Waals surface area contributed by atoms with Crippen LogP contribution in [0, 0.1) is 6.92 Å². The maximum Gasteiger partial charge on any atom is 0.263 e. The Morgan fingerprint density at radius 2 is 1.89 bits per heavy atom. The molecule has 0 atom stereocenters. The SMILES string of the molecule is Cc1ccn(Cc2cccnc2)c(=O)c1C(=O)N1CCN(S(C)(=O)=O)CC1. The highest BCUT2D eigenvalue weighted by molar-refractivity contribution is 7.88. The summed E-state index contributed by atoms with van der Waals surface area (Å²) in [5.74, 6) is -0.355. The molecule has 3 heterocycles. The summed E-state index contributed by atoms with van der Waals surface area (Å²) in [6, 6.07) is 5.41. The summed E-state index contributed by atoms with van der Waals surface area (Å²) in [5, 5.41) is 0. The summed E-state index contributed by atoms with van der Waals surface area (Å²) in [6.45, 7) is 3.07. The van der Waals surface area contributed by atoms with Gasteiger partial charge in [-0.2, -0.15) is 4.31 Å². The number of aryl methyl sites for hydroxylation is 1. The van der Waals surface area contributed by atoms with E-state index in [0.29, 0.717) is 12.1 Å². The summed E-state index contributed by atoms with van der Waals surface area (Å²) >= 11 is 0. The smallest absolute Gasteiger partial charge is 0.263 e. The van der Waals surface area contributed by atoms with Crippen LogP contribution in [0.2, 0.25) is 0 Å². The second-order valence-corrected chi connectivity index (χ2v) is 8.60. The minimum absolute atomic E-state index is 0.134. The van der Waals surface area contributed by atoms with E-state index in [1.165, 1.54) is 8.87 Å². The number of rotatable bonds is 4. The van der Waals surface area contributed by atoms with Crippen molar-refractivity contribution in [3.63, 3.8) is 0 Å². The van der Waals surface area contributed by atoms with Crippen LogP contribution in [0.1, 0.15) is 21.5 Å². The van der Waals surface area contributed by atoms with Crippen molar-refractivity contribution < 1.29 is 13.2 Å². The molecule has 1 aliphatic heterocycles. The molecule has 1 fully saturated rings. The van der Waals surface area contributed by atoms with E-state index in [4.69, 9.17) is 0 Å². The van der Waals surface area contributed by atoms with E-state index in [0.717, 1.165) is 11.8 Å². The first-order chi connectivity index (χ1) is 12.8. The van der Waals surface area contributed by atoms with Crippen LogP contribution in [-0.2, 0) is 16.6 Å². The molecule has 0 spiro atoms. The minimum atomic E-state index is -3.27. The zero-order chi connectivity index (χ0) is 19.6. The van der Waals surface area contributed by atoms with Gasteiger partial charge in [-0.15, -0.1) is 0 Å². The van der Waals surface area contributed by atoms with Gasteiger partial charge in [0.2, 0.25) is 10.0 Å². The molecule has 0 saturated carbocycles. The summed E-state index contributed by atoms with van der Waals surface area (Å²) in [4.78, 5) is 31.4. The highest BCUT2D eigenvalue weighted by Gasteiger charge is 2.28. The molecule has 0 aliphatic carbocycles. The van der Waals surface area contributed by atoms with Crippen molar-refractivity contribution in [1.29, 1.82) is 0 Å². The van der Waals surface area contributed by atoms with Crippen molar-refractivity contribution in [3.8, 4) is 0 Å². The lowest BCUT2D eigenvalue weighted by molar-refractivity contribution is 0.0695. The van der Waals surface area contributed by atoms with Crippen molar-refractivity contribution in [2.45, 2.75) is 13.5 Å². The lowest BCUT2D eigenvalue weighted by atomic mass is 10.1.